The summed E-state index contributed by atoms with van der Waals surface area (Å²) in [6.45, 7) is 1.37. The number of nitrogens with one attached hydrogen (secondary N) is 1. The van der Waals surface area contributed by atoms with Crippen molar-refractivity contribution in [3.8, 4) is 5.75 Å². The highest BCUT2D eigenvalue weighted by atomic mass is 19.2. The van der Waals surface area contributed by atoms with Gasteiger partial charge in [0.15, 0.2) is 29.8 Å². The van der Waals surface area contributed by atoms with Crippen molar-refractivity contribution in [1.29, 1.82) is 0 Å². The number of anilines is 1. The summed E-state index contributed by atoms with van der Waals surface area (Å²) in [5.74, 6) is -5.14. The number of carbonyl (C=O) groups excluding carboxylic acids is 2. The van der Waals surface area contributed by atoms with Crippen molar-refractivity contribution in [2.45, 2.75) is 13.0 Å². The fraction of sp³-hybridized carbons (Fsp3) is 0.125. The molecule has 1 amide bonds. The van der Waals surface area contributed by atoms with E-state index in [0.717, 1.165) is 6.07 Å². The molecule has 23 heavy (non-hydrogen) atoms. The van der Waals surface area contributed by atoms with E-state index >= 15 is 0 Å². The molecule has 4 nitrogen and oxygen atoms in total. The lowest BCUT2D eigenvalue weighted by Gasteiger charge is -2.16. The number of amides is 1. The Morgan fingerprint density at radius 1 is 1.13 bits per heavy atom. The summed E-state index contributed by atoms with van der Waals surface area (Å²) in [6.07, 6.45) is -0.529. The van der Waals surface area contributed by atoms with Crippen molar-refractivity contribution in [3.63, 3.8) is 0 Å². The minimum absolute atomic E-state index is 0.177. The summed E-state index contributed by atoms with van der Waals surface area (Å²) >= 11 is 0. The zero-order valence-electron chi connectivity index (χ0n) is 12.0. The van der Waals surface area contributed by atoms with Crippen LogP contribution < -0.4 is 10.1 Å². The SMILES string of the molecule is C[C@H](Oc1ccccc1C=O)C(=O)Nc1ccc(F)c(F)c1F. The number of para-hydroxylation sites is 1. The standard InChI is InChI=1S/C16H12F3NO3/c1-9(23-13-5-3-2-4-10(13)8-21)16(22)20-12-7-6-11(17)14(18)15(12)19/h2-9H,1H3,(H,20,22)/t9-/m0/s1. The van der Waals surface area contributed by atoms with Crippen LogP contribution >= 0.6 is 0 Å². The number of halogens is 3. The molecule has 0 saturated heterocycles. The minimum atomic E-state index is -1.68. The van der Waals surface area contributed by atoms with Crippen molar-refractivity contribution in [3.05, 3.63) is 59.4 Å². The van der Waals surface area contributed by atoms with Crippen molar-refractivity contribution in [2.24, 2.45) is 0 Å². The van der Waals surface area contributed by atoms with E-state index < -0.39 is 35.2 Å². The maximum absolute atomic E-state index is 13.5. The molecule has 2 aromatic rings. The molecular weight excluding hydrogens is 311 g/mol. The second kappa shape index (κ2) is 6.95. The molecule has 2 aromatic carbocycles. The predicted molar refractivity (Wildman–Crippen MR) is 76.9 cm³/mol. The Balaban J connectivity index is 2.12. The molecule has 0 aliphatic rings. The first-order valence-corrected chi connectivity index (χ1v) is 6.59. The van der Waals surface area contributed by atoms with E-state index in [2.05, 4.69) is 5.32 Å². The molecule has 0 aliphatic carbocycles. The largest absolute Gasteiger partial charge is 0.480 e. The molecule has 0 unspecified atom stereocenters. The van der Waals surface area contributed by atoms with E-state index in [0.29, 0.717) is 12.4 Å². The molecule has 0 aliphatic heterocycles. The van der Waals surface area contributed by atoms with Gasteiger partial charge in [0.1, 0.15) is 5.75 Å². The molecule has 0 aromatic heterocycles. The smallest absolute Gasteiger partial charge is 0.265 e. The Bertz CT molecular complexity index is 749. The van der Waals surface area contributed by atoms with Gasteiger partial charge in [-0.3, -0.25) is 9.59 Å². The number of aldehydes is 1. The normalized spacial score (nSPS) is 11.7. The highest BCUT2D eigenvalue weighted by molar-refractivity contribution is 5.94. The molecule has 120 valence electrons. The molecule has 0 saturated carbocycles. The second-order valence-electron chi connectivity index (χ2n) is 4.63. The van der Waals surface area contributed by atoms with Gasteiger partial charge in [-0.15, -0.1) is 0 Å². The van der Waals surface area contributed by atoms with Crippen LogP contribution in [0, 0.1) is 17.5 Å². The van der Waals surface area contributed by atoms with Crippen LogP contribution in [0.1, 0.15) is 17.3 Å². The van der Waals surface area contributed by atoms with Crippen molar-refractivity contribution in [1.82, 2.24) is 0 Å². The van der Waals surface area contributed by atoms with Crippen LogP contribution in [-0.2, 0) is 4.79 Å². The summed E-state index contributed by atoms with van der Waals surface area (Å²) in [4.78, 5) is 22.8. The highest BCUT2D eigenvalue weighted by Gasteiger charge is 2.20. The third-order valence-corrected chi connectivity index (χ3v) is 3.01. The lowest BCUT2D eigenvalue weighted by molar-refractivity contribution is -0.122. The van der Waals surface area contributed by atoms with Crippen LogP contribution in [0.2, 0.25) is 0 Å². The van der Waals surface area contributed by atoms with Crippen LogP contribution in [-0.4, -0.2) is 18.3 Å². The quantitative estimate of drug-likeness (QED) is 0.678. The number of hydrogen-bond donors (Lipinski definition) is 1. The van der Waals surface area contributed by atoms with Crippen LogP contribution in [0.3, 0.4) is 0 Å². The van der Waals surface area contributed by atoms with Crippen LogP contribution in [0.4, 0.5) is 18.9 Å². The van der Waals surface area contributed by atoms with Gasteiger partial charge in [-0.05, 0) is 31.2 Å². The molecule has 1 N–H and O–H groups in total. The Labute approximate surface area is 129 Å². The van der Waals surface area contributed by atoms with Gasteiger partial charge in [0, 0.05) is 0 Å². The summed E-state index contributed by atoms with van der Waals surface area (Å²) in [5.41, 5.74) is -0.265. The van der Waals surface area contributed by atoms with E-state index in [1.807, 2.05) is 0 Å². The number of hydrogen-bond acceptors (Lipinski definition) is 3. The number of benzene rings is 2. The van der Waals surface area contributed by atoms with Gasteiger partial charge in [0.05, 0.1) is 11.3 Å². The van der Waals surface area contributed by atoms with Gasteiger partial charge >= 0.3 is 0 Å². The first-order valence-electron chi connectivity index (χ1n) is 6.59. The third-order valence-electron chi connectivity index (χ3n) is 3.01. The molecule has 2 rings (SSSR count). The van der Waals surface area contributed by atoms with E-state index in [9.17, 15) is 22.8 Å². The van der Waals surface area contributed by atoms with E-state index in [1.165, 1.54) is 19.1 Å². The van der Waals surface area contributed by atoms with Crippen molar-refractivity contribution in [2.75, 3.05) is 5.32 Å². The molecular formula is C16H12F3NO3. The average molecular weight is 323 g/mol. The average Bonchev–Trinajstić information content (AvgIpc) is 2.55. The van der Waals surface area contributed by atoms with Gasteiger partial charge in [0.25, 0.3) is 5.91 Å². The number of carbonyl (C=O) groups is 2. The number of ether oxygens (including phenoxy) is 1. The van der Waals surface area contributed by atoms with E-state index in [4.69, 9.17) is 4.74 Å². The number of rotatable bonds is 5. The summed E-state index contributed by atoms with van der Waals surface area (Å²) in [6, 6.07) is 7.83. The predicted octanol–water partition coefficient (Wildman–Crippen LogP) is 3.32. The molecule has 0 fully saturated rings. The van der Waals surface area contributed by atoms with Crippen LogP contribution in [0.15, 0.2) is 36.4 Å². The molecule has 0 radical (unpaired) electrons. The molecule has 1 atom stereocenters. The highest BCUT2D eigenvalue weighted by Crippen LogP contribution is 2.21. The maximum atomic E-state index is 13.5. The topological polar surface area (TPSA) is 55.4 Å². The zero-order chi connectivity index (χ0) is 17.0. The van der Waals surface area contributed by atoms with Gasteiger partial charge in [0.2, 0.25) is 0 Å². The Morgan fingerprint density at radius 2 is 1.83 bits per heavy atom. The fourth-order valence-corrected chi connectivity index (χ4v) is 1.79. The van der Waals surface area contributed by atoms with Gasteiger partial charge < -0.3 is 10.1 Å². The maximum Gasteiger partial charge on any atom is 0.265 e. The Morgan fingerprint density at radius 3 is 2.52 bits per heavy atom. The first-order chi connectivity index (χ1) is 10.9. The van der Waals surface area contributed by atoms with Crippen molar-refractivity contribution < 1.29 is 27.5 Å². The fourth-order valence-electron chi connectivity index (χ4n) is 1.79. The minimum Gasteiger partial charge on any atom is -0.480 e. The Kier molecular flexibility index (Phi) is 5.00. The second-order valence-corrected chi connectivity index (χ2v) is 4.63. The lowest BCUT2D eigenvalue weighted by atomic mass is 10.2. The zero-order valence-corrected chi connectivity index (χ0v) is 12.0. The van der Waals surface area contributed by atoms with E-state index in [1.54, 1.807) is 12.1 Å². The monoisotopic (exact) mass is 323 g/mol. The summed E-state index contributed by atoms with van der Waals surface area (Å²) < 4.78 is 44.8. The third kappa shape index (κ3) is 3.68. The van der Waals surface area contributed by atoms with Gasteiger partial charge in [-0.2, -0.15) is 0 Å². The molecule has 0 bridgehead atoms. The summed E-state index contributed by atoms with van der Waals surface area (Å²) in [7, 11) is 0. The van der Waals surface area contributed by atoms with Crippen molar-refractivity contribution >= 4 is 17.9 Å². The van der Waals surface area contributed by atoms with Gasteiger partial charge in [-0.1, -0.05) is 12.1 Å². The molecule has 0 heterocycles. The molecule has 0 spiro atoms. The Hall–Kier alpha value is -2.83. The van der Waals surface area contributed by atoms with E-state index in [-0.39, 0.29) is 11.3 Å². The van der Waals surface area contributed by atoms with Gasteiger partial charge in [-0.25, -0.2) is 13.2 Å². The van der Waals surface area contributed by atoms with Crippen LogP contribution in [0.5, 0.6) is 5.75 Å². The molecule has 7 heteroatoms. The first kappa shape index (κ1) is 16.5. The lowest BCUT2D eigenvalue weighted by Crippen LogP contribution is -2.30. The summed E-state index contributed by atoms with van der Waals surface area (Å²) in [5, 5.41) is 2.10. The van der Waals surface area contributed by atoms with Crippen LogP contribution in [0.25, 0.3) is 0 Å².